The van der Waals surface area contributed by atoms with Gasteiger partial charge in [0, 0.05) is 9.43 Å². The van der Waals surface area contributed by atoms with E-state index in [4.69, 9.17) is 5.53 Å². The van der Waals surface area contributed by atoms with Crippen molar-refractivity contribution in [2.45, 2.75) is 31.1 Å². The number of sulfonamides is 1. The van der Waals surface area contributed by atoms with E-state index in [9.17, 15) is 17.2 Å². The molecule has 1 rings (SSSR count). The van der Waals surface area contributed by atoms with Crippen molar-refractivity contribution in [1.82, 2.24) is 0 Å². The van der Waals surface area contributed by atoms with Gasteiger partial charge in [0.05, 0.1) is 0 Å². The number of benzene rings is 1. The van der Waals surface area contributed by atoms with E-state index in [0.717, 1.165) is 25.0 Å². The Morgan fingerprint density at radius 2 is 1.89 bits per heavy atom. The number of hydrogen-bond donors (Lipinski definition) is 0. The molecule has 1 aromatic rings. The van der Waals surface area contributed by atoms with Crippen LogP contribution >= 0.6 is 0 Å². The molecule has 0 spiro atoms. The van der Waals surface area contributed by atoms with Crippen molar-refractivity contribution in [3.63, 3.8) is 0 Å². The first-order valence-electron chi connectivity index (χ1n) is 5.21. The molecular weight excluding hydrogens is 264 g/mol. The summed E-state index contributed by atoms with van der Waals surface area (Å²) in [5, 5.41) is 0. The van der Waals surface area contributed by atoms with Gasteiger partial charge in [-0.2, -0.15) is 0 Å². The third-order valence-corrected chi connectivity index (χ3v) is 3.47. The van der Waals surface area contributed by atoms with Gasteiger partial charge in [0.25, 0.3) is 10.0 Å². The minimum absolute atomic E-state index is 0.367. The molecule has 0 amide bonds. The van der Waals surface area contributed by atoms with E-state index in [-0.39, 0.29) is 0 Å². The highest BCUT2D eigenvalue weighted by Crippen LogP contribution is 2.23. The van der Waals surface area contributed by atoms with Crippen LogP contribution in [0, 0.1) is 11.6 Å². The Kier molecular flexibility index (Phi) is 4.63. The second-order valence-corrected chi connectivity index (χ2v) is 5.16. The van der Waals surface area contributed by atoms with Crippen molar-refractivity contribution in [3.05, 3.63) is 39.8 Å². The number of azide groups is 1. The van der Waals surface area contributed by atoms with Gasteiger partial charge >= 0.3 is 0 Å². The van der Waals surface area contributed by atoms with Crippen LogP contribution in [0.2, 0.25) is 0 Å². The van der Waals surface area contributed by atoms with Gasteiger partial charge in [0.2, 0.25) is 0 Å². The minimum atomic E-state index is -4.65. The zero-order valence-electron chi connectivity index (χ0n) is 9.60. The molecule has 0 N–H and O–H groups in total. The summed E-state index contributed by atoms with van der Waals surface area (Å²) in [5.74, 6) is -2.48. The van der Waals surface area contributed by atoms with Gasteiger partial charge < -0.3 is 0 Å². The second kappa shape index (κ2) is 5.79. The van der Waals surface area contributed by atoms with Crippen LogP contribution in [0.15, 0.2) is 21.5 Å². The third-order valence-electron chi connectivity index (χ3n) is 2.28. The molecule has 0 aliphatic carbocycles. The highest BCUT2D eigenvalue weighted by Gasteiger charge is 2.23. The monoisotopic (exact) mass is 275 g/mol. The maximum atomic E-state index is 13.6. The largest absolute Gasteiger partial charge is 0.270 e. The topological polar surface area (TPSA) is 82.9 Å². The van der Waals surface area contributed by atoms with Gasteiger partial charge in [-0.15, -0.1) is 0 Å². The summed E-state index contributed by atoms with van der Waals surface area (Å²) >= 11 is 0. The van der Waals surface area contributed by atoms with Crippen molar-refractivity contribution >= 4 is 10.0 Å². The number of nitrogens with zero attached hydrogens (tertiary/aromatic N) is 3. The summed E-state index contributed by atoms with van der Waals surface area (Å²) in [5.41, 5.74) is 8.42. The normalized spacial score (nSPS) is 11.1. The van der Waals surface area contributed by atoms with E-state index in [1.807, 2.05) is 11.8 Å². The molecule has 18 heavy (non-hydrogen) atoms. The number of aryl methyl sites for hydroxylation is 1. The standard InChI is InChI=1S/C10H11F2N3O2S/c1-2-3-4-7-5-8(11)10(9(12)6-7)18(16,17)15-14-13/h5-6H,2-4H2,1H3. The Morgan fingerprint density at radius 3 is 2.33 bits per heavy atom. The molecule has 0 aromatic heterocycles. The van der Waals surface area contributed by atoms with Crippen LogP contribution < -0.4 is 0 Å². The number of halogens is 2. The molecule has 0 aliphatic rings. The van der Waals surface area contributed by atoms with E-state index in [0.29, 0.717) is 12.0 Å². The molecule has 0 bridgehead atoms. The predicted molar refractivity (Wildman–Crippen MR) is 61.3 cm³/mol. The number of unbranched alkanes of at least 4 members (excludes halogenated alkanes) is 1. The summed E-state index contributed by atoms with van der Waals surface area (Å²) in [4.78, 5) is 0.834. The summed E-state index contributed by atoms with van der Waals surface area (Å²) in [6.45, 7) is 1.92. The summed E-state index contributed by atoms with van der Waals surface area (Å²) in [6.07, 6.45) is 2.04. The fourth-order valence-electron chi connectivity index (χ4n) is 1.47. The second-order valence-electron chi connectivity index (χ2n) is 3.64. The van der Waals surface area contributed by atoms with E-state index in [1.165, 1.54) is 0 Å². The summed E-state index contributed by atoms with van der Waals surface area (Å²) in [6, 6.07) is 1.89. The fraction of sp³-hybridized carbons (Fsp3) is 0.400. The molecule has 0 aliphatic heterocycles. The van der Waals surface area contributed by atoms with Gasteiger partial charge in [-0.05, 0) is 36.1 Å². The minimum Gasteiger partial charge on any atom is -0.216 e. The van der Waals surface area contributed by atoms with E-state index >= 15 is 0 Å². The number of rotatable bonds is 5. The summed E-state index contributed by atoms with van der Waals surface area (Å²) < 4.78 is 52.1. The van der Waals surface area contributed by atoms with Crippen LogP contribution in [0.25, 0.3) is 10.4 Å². The molecule has 0 saturated carbocycles. The lowest BCUT2D eigenvalue weighted by Gasteiger charge is -2.05. The van der Waals surface area contributed by atoms with Crippen LogP contribution in [0.5, 0.6) is 0 Å². The number of hydrogen-bond acceptors (Lipinski definition) is 2. The van der Waals surface area contributed by atoms with Crippen LogP contribution in [0.3, 0.4) is 0 Å². The Labute approximate surface area is 103 Å². The van der Waals surface area contributed by atoms with Crippen molar-refractivity contribution in [1.29, 1.82) is 0 Å². The molecule has 0 unspecified atom stereocenters. The fourth-order valence-corrected chi connectivity index (χ4v) is 2.26. The van der Waals surface area contributed by atoms with Crippen LogP contribution in [0.4, 0.5) is 8.78 Å². The lowest BCUT2D eigenvalue weighted by Crippen LogP contribution is -2.04. The van der Waals surface area contributed by atoms with E-state index in [2.05, 4.69) is 4.52 Å². The smallest absolute Gasteiger partial charge is 0.216 e. The van der Waals surface area contributed by atoms with Gasteiger partial charge in [-0.1, -0.05) is 13.3 Å². The Morgan fingerprint density at radius 1 is 1.33 bits per heavy atom. The zero-order valence-corrected chi connectivity index (χ0v) is 10.4. The van der Waals surface area contributed by atoms with Crippen LogP contribution in [-0.4, -0.2) is 8.42 Å². The SMILES string of the molecule is CCCCc1cc(F)c(S(=O)(=O)N=[N+]=[N-])c(F)c1. The van der Waals surface area contributed by atoms with Crippen molar-refractivity contribution < 1.29 is 17.2 Å². The Hall–Kier alpha value is -1.66. The van der Waals surface area contributed by atoms with Crippen molar-refractivity contribution in [2.75, 3.05) is 0 Å². The Balaban J connectivity index is 3.29. The highest BCUT2D eigenvalue weighted by atomic mass is 32.2. The van der Waals surface area contributed by atoms with Crippen molar-refractivity contribution in [3.8, 4) is 0 Å². The lowest BCUT2D eigenvalue weighted by molar-refractivity contribution is 0.516. The molecule has 1 aromatic carbocycles. The first kappa shape index (κ1) is 14.4. The average Bonchev–Trinajstić information content (AvgIpc) is 2.24. The molecule has 8 heteroatoms. The molecule has 0 atom stereocenters. The Bertz CT molecular complexity index is 572. The maximum Gasteiger partial charge on any atom is 0.270 e. The van der Waals surface area contributed by atoms with Gasteiger partial charge in [-0.3, -0.25) is 0 Å². The van der Waals surface area contributed by atoms with Crippen LogP contribution in [-0.2, 0) is 16.4 Å². The van der Waals surface area contributed by atoms with Gasteiger partial charge in [0.1, 0.15) is 16.5 Å². The van der Waals surface area contributed by atoms with E-state index < -0.39 is 26.6 Å². The molecule has 0 radical (unpaired) electrons. The third kappa shape index (κ3) is 3.18. The first-order valence-corrected chi connectivity index (χ1v) is 6.65. The van der Waals surface area contributed by atoms with Gasteiger partial charge in [-0.25, -0.2) is 17.2 Å². The quantitative estimate of drug-likeness (QED) is 0.469. The average molecular weight is 275 g/mol. The van der Waals surface area contributed by atoms with Gasteiger partial charge in [0.15, 0.2) is 0 Å². The molecule has 5 nitrogen and oxygen atoms in total. The lowest BCUT2D eigenvalue weighted by atomic mass is 10.1. The predicted octanol–water partition coefficient (Wildman–Crippen LogP) is 3.31. The van der Waals surface area contributed by atoms with Crippen LogP contribution in [0.1, 0.15) is 25.3 Å². The molecule has 98 valence electrons. The molecular formula is C10H11F2N3O2S. The summed E-state index contributed by atoms with van der Waals surface area (Å²) in [7, 11) is -4.65. The van der Waals surface area contributed by atoms with Crippen molar-refractivity contribution in [2.24, 2.45) is 4.52 Å². The maximum absolute atomic E-state index is 13.6. The zero-order chi connectivity index (χ0) is 13.8. The highest BCUT2D eigenvalue weighted by molar-refractivity contribution is 7.90. The molecule has 0 fully saturated rings. The molecule has 0 saturated heterocycles. The van der Waals surface area contributed by atoms with E-state index in [1.54, 1.807) is 0 Å². The molecule has 0 heterocycles. The first-order chi connectivity index (χ1) is 8.42.